The van der Waals surface area contributed by atoms with E-state index in [1.54, 1.807) is 0 Å². The minimum atomic E-state index is -0.842. The maximum atomic E-state index is 11.7. The van der Waals surface area contributed by atoms with E-state index in [0.29, 0.717) is 11.5 Å². The number of hydrogen-bond acceptors (Lipinski definition) is 10. The van der Waals surface area contributed by atoms with Crippen molar-refractivity contribution in [2.75, 3.05) is 26.4 Å². The van der Waals surface area contributed by atoms with E-state index in [-0.39, 0.29) is 26.4 Å². The molecule has 0 spiro atoms. The highest BCUT2D eigenvalue weighted by atomic mass is 16.6. The van der Waals surface area contributed by atoms with E-state index in [0.717, 1.165) is 46.6 Å². The molecule has 0 heterocycles. The number of rotatable bonds is 18. The molecule has 240 valence electrons. The highest BCUT2D eigenvalue weighted by Crippen LogP contribution is 2.36. The van der Waals surface area contributed by atoms with Crippen molar-refractivity contribution < 1.29 is 47.6 Å². The first kappa shape index (κ1) is 36.1. The summed E-state index contributed by atoms with van der Waals surface area (Å²) in [4.78, 5) is 46.4. The van der Waals surface area contributed by atoms with Gasteiger partial charge in [0.05, 0.1) is 0 Å². The number of carbonyl (C=O) groups excluding carboxylic acids is 4. The molecule has 0 bridgehead atoms. The maximum Gasteiger partial charge on any atom is 0.330 e. The zero-order valence-electron chi connectivity index (χ0n) is 26.2. The molecule has 0 aliphatic heterocycles. The summed E-state index contributed by atoms with van der Waals surface area (Å²) in [6, 6.07) is 11.6. The van der Waals surface area contributed by atoms with Crippen LogP contribution in [0, 0.1) is 13.8 Å². The van der Waals surface area contributed by atoms with Gasteiger partial charge in [-0.05, 0) is 48.2 Å². The first-order chi connectivity index (χ1) is 21.3. The molecule has 10 heteroatoms. The Labute approximate surface area is 263 Å². The monoisotopic (exact) mass is 620 g/mol. The van der Waals surface area contributed by atoms with Crippen molar-refractivity contribution in [1.29, 1.82) is 0 Å². The molecular formula is C35H40O10. The fourth-order valence-corrected chi connectivity index (χ4v) is 4.06. The van der Waals surface area contributed by atoms with Crippen molar-refractivity contribution in [2.24, 2.45) is 0 Å². The summed E-state index contributed by atoms with van der Waals surface area (Å²) in [6.45, 7) is 21.0. The van der Waals surface area contributed by atoms with Gasteiger partial charge < -0.3 is 28.4 Å². The van der Waals surface area contributed by atoms with E-state index in [2.05, 4.69) is 40.2 Å². The van der Waals surface area contributed by atoms with E-state index >= 15 is 0 Å². The minimum absolute atomic E-state index is 0.0431. The summed E-state index contributed by atoms with van der Waals surface area (Å²) in [5.41, 5.74) is 3.35. The molecule has 0 aliphatic carbocycles. The maximum absolute atomic E-state index is 11.7. The lowest BCUT2D eigenvalue weighted by molar-refractivity contribution is -0.154. The largest absolute Gasteiger partial charge is 0.489 e. The molecule has 2 aromatic carbocycles. The van der Waals surface area contributed by atoms with Gasteiger partial charge in [0.15, 0.2) is 12.2 Å². The zero-order valence-corrected chi connectivity index (χ0v) is 26.2. The lowest BCUT2D eigenvalue weighted by atomic mass is 9.77. The van der Waals surface area contributed by atoms with E-state index in [1.807, 2.05) is 50.2 Å². The van der Waals surface area contributed by atoms with Crippen LogP contribution in [-0.2, 0) is 43.5 Å². The Morgan fingerprint density at radius 3 is 1.29 bits per heavy atom. The quantitative estimate of drug-likeness (QED) is 0.127. The van der Waals surface area contributed by atoms with Crippen LogP contribution in [0.15, 0.2) is 87.0 Å². The van der Waals surface area contributed by atoms with Gasteiger partial charge in [-0.2, -0.15) is 0 Å². The van der Waals surface area contributed by atoms with Gasteiger partial charge in [0, 0.05) is 29.7 Å². The average molecular weight is 621 g/mol. The van der Waals surface area contributed by atoms with Crippen LogP contribution < -0.4 is 9.47 Å². The van der Waals surface area contributed by atoms with Crippen molar-refractivity contribution in [3.05, 3.63) is 109 Å². The van der Waals surface area contributed by atoms with Crippen molar-refractivity contribution in [3.63, 3.8) is 0 Å². The van der Waals surface area contributed by atoms with Crippen LogP contribution in [0.3, 0.4) is 0 Å². The van der Waals surface area contributed by atoms with Gasteiger partial charge in [0.25, 0.3) is 0 Å². The second-order valence-electron chi connectivity index (χ2n) is 10.4. The molecule has 2 rings (SSSR count). The third kappa shape index (κ3) is 11.1. The Morgan fingerprint density at radius 2 is 0.978 bits per heavy atom. The Morgan fingerprint density at radius 1 is 0.622 bits per heavy atom. The number of benzene rings is 2. The van der Waals surface area contributed by atoms with E-state index in [4.69, 9.17) is 28.4 Å². The molecule has 45 heavy (non-hydrogen) atoms. The molecule has 0 radical (unpaired) electrons. The topological polar surface area (TPSA) is 124 Å². The molecule has 10 nitrogen and oxygen atoms in total. The van der Waals surface area contributed by atoms with Gasteiger partial charge in [-0.15, -0.1) is 0 Å². The first-order valence-corrected chi connectivity index (χ1v) is 14.1. The van der Waals surface area contributed by atoms with Crippen molar-refractivity contribution >= 4 is 23.9 Å². The second-order valence-corrected chi connectivity index (χ2v) is 10.4. The van der Waals surface area contributed by atoms with Gasteiger partial charge in [0.2, 0.25) is 0 Å². The second kappa shape index (κ2) is 17.2. The number of esters is 4. The molecule has 2 atom stereocenters. The Kier molecular flexibility index (Phi) is 13.8. The van der Waals surface area contributed by atoms with E-state index in [1.165, 1.54) is 0 Å². The molecular weight excluding hydrogens is 580 g/mol. The predicted octanol–water partition coefficient (Wildman–Crippen LogP) is 5.04. The molecule has 2 unspecified atom stereocenters. The summed E-state index contributed by atoms with van der Waals surface area (Å²) in [7, 11) is 0. The van der Waals surface area contributed by atoms with Crippen molar-refractivity contribution in [2.45, 2.75) is 45.3 Å². The summed E-state index contributed by atoms with van der Waals surface area (Å²) >= 11 is 0. The van der Waals surface area contributed by atoms with Crippen LogP contribution in [0.1, 0.15) is 36.1 Å². The molecule has 0 saturated carbocycles. The van der Waals surface area contributed by atoms with Gasteiger partial charge in [0.1, 0.15) is 37.9 Å². The van der Waals surface area contributed by atoms with Gasteiger partial charge >= 0.3 is 23.9 Å². The first-order valence-electron chi connectivity index (χ1n) is 14.1. The predicted molar refractivity (Wildman–Crippen MR) is 168 cm³/mol. The van der Waals surface area contributed by atoms with Crippen LogP contribution >= 0.6 is 0 Å². The number of carbonyl (C=O) groups is 4. The Bertz CT molecular complexity index is 1320. The van der Waals surface area contributed by atoms with Crippen LogP contribution in [0.4, 0.5) is 0 Å². The summed E-state index contributed by atoms with van der Waals surface area (Å²) in [6.07, 6.45) is 2.39. The van der Waals surface area contributed by atoms with Gasteiger partial charge in [-0.3, -0.25) is 0 Å². The molecule has 0 aliphatic rings. The molecule has 2 aromatic rings. The van der Waals surface area contributed by atoms with Crippen LogP contribution in [-0.4, -0.2) is 62.5 Å². The Balaban J connectivity index is 2.15. The normalized spacial score (nSPS) is 12.0. The standard InChI is InChI=1S/C35H40O10/c1-9-31(36)42-21-27(44-33(38)11-3)19-40-29-15-13-25(17-23(29)5)35(7,8)26-14-16-30(24(6)18-26)41-20-28(45-34(39)12-4)22-43-32(37)10-2/h9-18,27-28H,1-4,19-22H2,5-8H3. The fraction of sp³-hybridized carbons (Fsp3) is 0.314. The summed E-state index contributed by atoms with van der Waals surface area (Å²) < 4.78 is 32.3. The SMILES string of the molecule is C=CC(=O)OCC(COc1ccc(C(C)(C)c2ccc(OCC(COC(=O)C=C)OC(=O)C=C)c(C)c2)cc1C)OC(=O)C=C. The van der Waals surface area contributed by atoms with E-state index < -0.39 is 41.5 Å². The molecule has 0 fully saturated rings. The van der Waals surface area contributed by atoms with Crippen molar-refractivity contribution in [1.82, 2.24) is 0 Å². The molecule has 0 aromatic heterocycles. The lowest BCUT2D eigenvalue weighted by Crippen LogP contribution is -2.30. The number of aryl methyl sites for hydroxylation is 2. The number of ether oxygens (including phenoxy) is 6. The highest BCUT2D eigenvalue weighted by Gasteiger charge is 2.25. The Hall–Kier alpha value is -5.12. The minimum Gasteiger partial charge on any atom is -0.489 e. The summed E-state index contributed by atoms with van der Waals surface area (Å²) in [5.74, 6) is -1.45. The average Bonchev–Trinajstić information content (AvgIpc) is 3.03. The third-order valence-corrected chi connectivity index (χ3v) is 6.70. The van der Waals surface area contributed by atoms with E-state index in [9.17, 15) is 19.2 Å². The highest BCUT2D eigenvalue weighted by molar-refractivity contribution is 5.82. The zero-order chi connectivity index (χ0) is 33.6. The van der Waals surface area contributed by atoms with Crippen molar-refractivity contribution in [3.8, 4) is 11.5 Å². The van der Waals surface area contributed by atoms with Crippen LogP contribution in [0.2, 0.25) is 0 Å². The molecule has 0 saturated heterocycles. The van der Waals surface area contributed by atoms with Gasteiger partial charge in [-0.1, -0.05) is 64.4 Å². The summed E-state index contributed by atoms with van der Waals surface area (Å²) in [5, 5.41) is 0. The molecule has 0 amide bonds. The third-order valence-electron chi connectivity index (χ3n) is 6.70. The van der Waals surface area contributed by atoms with Crippen LogP contribution in [0.5, 0.6) is 11.5 Å². The lowest BCUT2D eigenvalue weighted by Gasteiger charge is -2.28. The van der Waals surface area contributed by atoms with Gasteiger partial charge in [-0.25, -0.2) is 19.2 Å². The smallest absolute Gasteiger partial charge is 0.330 e. The van der Waals surface area contributed by atoms with Crippen LogP contribution in [0.25, 0.3) is 0 Å². The molecule has 0 N–H and O–H groups in total. The fourth-order valence-electron chi connectivity index (χ4n) is 4.06. The number of hydrogen-bond donors (Lipinski definition) is 0.